The lowest BCUT2D eigenvalue weighted by Gasteiger charge is -2.46. The number of carbonyl (C=O) groups is 2. The zero-order chi connectivity index (χ0) is 23.3. The molecule has 0 radical (unpaired) electrons. The van der Waals surface area contributed by atoms with Crippen LogP contribution in [0.1, 0.15) is 40.6 Å². The Labute approximate surface area is 201 Å². The number of nitrogens with one attached hydrogen (secondary N) is 2. The summed E-state index contributed by atoms with van der Waals surface area (Å²) in [5.41, 5.74) is 8.92. The van der Waals surface area contributed by atoms with Crippen LogP contribution in [0.2, 0.25) is 10.0 Å². The predicted molar refractivity (Wildman–Crippen MR) is 130 cm³/mol. The maximum atomic E-state index is 13.9. The molecule has 7 heteroatoms. The van der Waals surface area contributed by atoms with E-state index in [-0.39, 0.29) is 18.2 Å². The van der Waals surface area contributed by atoms with Crippen LogP contribution in [-0.2, 0) is 15.0 Å². The summed E-state index contributed by atoms with van der Waals surface area (Å²) in [5, 5.41) is 7.05. The van der Waals surface area contributed by atoms with Crippen molar-refractivity contribution in [3.63, 3.8) is 0 Å². The Morgan fingerprint density at radius 1 is 1.03 bits per heavy atom. The Morgan fingerprint density at radius 3 is 2.58 bits per heavy atom. The van der Waals surface area contributed by atoms with Gasteiger partial charge in [-0.3, -0.25) is 9.59 Å². The molecule has 1 fully saturated rings. The molecule has 3 aromatic rings. The van der Waals surface area contributed by atoms with Crippen molar-refractivity contribution >= 4 is 46.4 Å². The zero-order valence-electron chi connectivity index (χ0n) is 17.4. The van der Waals surface area contributed by atoms with Crippen molar-refractivity contribution in [2.24, 2.45) is 0 Å². The molecule has 0 unspecified atom stereocenters. The van der Waals surface area contributed by atoms with Gasteiger partial charge >= 0.3 is 0 Å². The molecule has 4 N–H and O–H groups in total. The third-order valence-electron chi connectivity index (χ3n) is 6.57. The molecule has 33 heavy (non-hydrogen) atoms. The second kappa shape index (κ2) is 7.84. The first-order valence-electron chi connectivity index (χ1n) is 10.4. The lowest BCUT2D eigenvalue weighted by atomic mass is 9.59. The van der Waals surface area contributed by atoms with Crippen molar-refractivity contribution in [3.05, 3.63) is 93.0 Å². The molecule has 1 spiro atoms. The van der Waals surface area contributed by atoms with Gasteiger partial charge in [0.25, 0.3) is 0 Å². The number of terminal acetylenes is 1. The average molecular weight is 476 g/mol. The van der Waals surface area contributed by atoms with Gasteiger partial charge in [0.1, 0.15) is 5.41 Å². The number of amides is 2. The number of hydrogen-bond acceptors (Lipinski definition) is 3. The van der Waals surface area contributed by atoms with E-state index < -0.39 is 17.4 Å². The van der Waals surface area contributed by atoms with Gasteiger partial charge in [0.15, 0.2) is 0 Å². The molecule has 0 bridgehead atoms. The number of halogens is 2. The van der Waals surface area contributed by atoms with E-state index in [1.807, 2.05) is 18.2 Å². The SMILES string of the molecule is C#Cc1ccc(N)c([C@H]2NC(=O)C[C@@H](c3cccc(Cl)c3)[C@]23C(=O)Nc2cc(Cl)ccc23)c1. The van der Waals surface area contributed by atoms with Gasteiger partial charge in [0, 0.05) is 44.9 Å². The summed E-state index contributed by atoms with van der Waals surface area (Å²) in [6, 6.07) is 17.0. The molecule has 0 saturated carbocycles. The summed E-state index contributed by atoms with van der Waals surface area (Å²) < 4.78 is 0. The number of anilines is 2. The largest absolute Gasteiger partial charge is 0.398 e. The van der Waals surface area contributed by atoms with Gasteiger partial charge in [-0.2, -0.15) is 0 Å². The zero-order valence-corrected chi connectivity index (χ0v) is 18.9. The van der Waals surface area contributed by atoms with Crippen LogP contribution in [0.25, 0.3) is 0 Å². The Balaban J connectivity index is 1.84. The minimum absolute atomic E-state index is 0.0983. The first-order chi connectivity index (χ1) is 15.8. The molecule has 2 heterocycles. The molecule has 3 aromatic carbocycles. The molecule has 3 atom stereocenters. The summed E-state index contributed by atoms with van der Waals surface area (Å²) in [6.07, 6.45) is 5.74. The minimum atomic E-state index is -1.19. The van der Waals surface area contributed by atoms with Gasteiger partial charge in [0.2, 0.25) is 11.8 Å². The highest BCUT2D eigenvalue weighted by molar-refractivity contribution is 6.31. The Hall–Kier alpha value is -3.46. The van der Waals surface area contributed by atoms with E-state index >= 15 is 0 Å². The number of hydrogen-bond donors (Lipinski definition) is 3. The number of rotatable bonds is 2. The van der Waals surface area contributed by atoms with E-state index in [2.05, 4.69) is 16.6 Å². The van der Waals surface area contributed by atoms with E-state index in [0.717, 1.165) is 11.1 Å². The van der Waals surface area contributed by atoms with E-state index in [9.17, 15) is 9.59 Å². The van der Waals surface area contributed by atoms with Crippen molar-refractivity contribution in [2.45, 2.75) is 23.8 Å². The van der Waals surface area contributed by atoms with Gasteiger partial charge in [-0.05, 0) is 53.6 Å². The Morgan fingerprint density at radius 2 is 1.82 bits per heavy atom. The highest BCUT2D eigenvalue weighted by Gasteiger charge is 2.61. The molecule has 0 aliphatic carbocycles. The lowest BCUT2D eigenvalue weighted by molar-refractivity contribution is -0.131. The summed E-state index contributed by atoms with van der Waals surface area (Å²) in [4.78, 5) is 26.9. The van der Waals surface area contributed by atoms with Crippen LogP contribution < -0.4 is 16.4 Å². The van der Waals surface area contributed by atoms with Crippen LogP contribution in [0, 0.1) is 12.3 Å². The molecule has 1 saturated heterocycles. The van der Waals surface area contributed by atoms with E-state index in [1.54, 1.807) is 42.5 Å². The van der Waals surface area contributed by atoms with Crippen LogP contribution in [-0.4, -0.2) is 11.8 Å². The molecule has 164 valence electrons. The van der Waals surface area contributed by atoms with Gasteiger partial charge in [-0.1, -0.05) is 47.3 Å². The normalized spacial score (nSPS) is 23.5. The maximum absolute atomic E-state index is 13.9. The highest BCUT2D eigenvalue weighted by Crippen LogP contribution is 2.58. The smallest absolute Gasteiger partial charge is 0.238 e. The molecular formula is C26H19Cl2N3O2. The van der Waals surface area contributed by atoms with E-state index in [4.69, 9.17) is 35.4 Å². The number of fused-ring (bicyclic) bond motifs is 2. The van der Waals surface area contributed by atoms with E-state index in [0.29, 0.717) is 32.5 Å². The van der Waals surface area contributed by atoms with Gasteiger partial charge in [-0.15, -0.1) is 6.42 Å². The second-order valence-electron chi connectivity index (χ2n) is 8.31. The molecule has 2 aliphatic heterocycles. The molecule has 2 aliphatic rings. The average Bonchev–Trinajstić information content (AvgIpc) is 3.07. The third-order valence-corrected chi connectivity index (χ3v) is 7.04. The second-order valence-corrected chi connectivity index (χ2v) is 9.19. The quantitative estimate of drug-likeness (QED) is 0.367. The van der Waals surface area contributed by atoms with Crippen molar-refractivity contribution in [2.75, 3.05) is 11.1 Å². The number of carbonyl (C=O) groups excluding carboxylic acids is 2. The third kappa shape index (κ3) is 3.26. The molecular weight excluding hydrogens is 457 g/mol. The summed E-state index contributed by atoms with van der Waals surface area (Å²) >= 11 is 12.5. The monoisotopic (exact) mass is 475 g/mol. The highest BCUT2D eigenvalue weighted by atomic mass is 35.5. The maximum Gasteiger partial charge on any atom is 0.238 e. The van der Waals surface area contributed by atoms with Crippen LogP contribution in [0.3, 0.4) is 0 Å². The van der Waals surface area contributed by atoms with Crippen molar-refractivity contribution in [3.8, 4) is 12.3 Å². The Bertz CT molecular complexity index is 1360. The van der Waals surface area contributed by atoms with Gasteiger partial charge in [0.05, 0.1) is 6.04 Å². The predicted octanol–water partition coefficient (Wildman–Crippen LogP) is 4.79. The molecule has 2 amide bonds. The van der Waals surface area contributed by atoms with Crippen LogP contribution in [0.5, 0.6) is 0 Å². The standard InChI is InChI=1S/C26H19Cl2N3O2/c1-2-14-6-9-21(29)18(10-14)24-26(19-8-7-17(28)12-22(19)30-25(26)33)20(13-23(32)31-24)15-4-3-5-16(27)11-15/h1,3-12,20,24H,13,29H2,(H,30,33)(H,31,32)/t20-,24+,26-/m0/s1. The van der Waals surface area contributed by atoms with Crippen LogP contribution in [0.4, 0.5) is 11.4 Å². The summed E-state index contributed by atoms with van der Waals surface area (Å²) in [6.45, 7) is 0. The van der Waals surface area contributed by atoms with Gasteiger partial charge in [-0.25, -0.2) is 0 Å². The fourth-order valence-electron chi connectivity index (χ4n) is 5.18. The fraction of sp³-hybridized carbons (Fsp3) is 0.154. The summed E-state index contributed by atoms with van der Waals surface area (Å²) in [5.74, 6) is 1.65. The number of piperidine rings is 1. The lowest BCUT2D eigenvalue weighted by Crippen LogP contribution is -2.57. The molecule has 5 nitrogen and oxygen atoms in total. The number of nitrogen functional groups attached to an aromatic ring is 1. The van der Waals surface area contributed by atoms with Crippen molar-refractivity contribution < 1.29 is 9.59 Å². The Kier molecular flexibility index (Phi) is 5.08. The minimum Gasteiger partial charge on any atom is -0.398 e. The first kappa shape index (κ1) is 21.4. The molecule has 5 rings (SSSR count). The van der Waals surface area contributed by atoms with Crippen LogP contribution in [0.15, 0.2) is 60.7 Å². The van der Waals surface area contributed by atoms with E-state index in [1.165, 1.54) is 0 Å². The van der Waals surface area contributed by atoms with Crippen LogP contribution >= 0.6 is 23.2 Å². The van der Waals surface area contributed by atoms with Gasteiger partial charge < -0.3 is 16.4 Å². The topological polar surface area (TPSA) is 84.2 Å². The fourth-order valence-corrected chi connectivity index (χ4v) is 5.56. The number of benzene rings is 3. The van der Waals surface area contributed by atoms with Crippen molar-refractivity contribution in [1.82, 2.24) is 5.32 Å². The van der Waals surface area contributed by atoms with Crippen molar-refractivity contribution in [1.29, 1.82) is 0 Å². The molecule has 0 aromatic heterocycles. The summed E-state index contributed by atoms with van der Waals surface area (Å²) in [7, 11) is 0. The first-order valence-corrected chi connectivity index (χ1v) is 11.1. The number of nitrogens with two attached hydrogens (primary N) is 1.